The molecule has 2 N–H and O–H groups in total. The maximum absolute atomic E-state index is 5.60. The van der Waals surface area contributed by atoms with Gasteiger partial charge in [0.2, 0.25) is 0 Å². The molecule has 1 aromatic rings. The average Bonchev–Trinajstić information content (AvgIpc) is 3.19. The molecule has 1 saturated carbocycles. The van der Waals surface area contributed by atoms with Crippen molar-refractivity contribution in [2.45, 2.75) is 19.4 Å². The molecule has 2 heterocycles. The molecule has 3 rings (SSSR count). The smallest absolute Gasteiger partial charge is 0.123 e. The van der Waals surface area contributed by atoms with Gasteiger partial charge in [-0.3, -0.25) is 4.90 Å². The second-order valence-electron chi connectivity index (χ2n) is 5.61. The van der Waals surface area contributed by atoms with E-state index in [1.807, 2.05) is 12.3 Å². The number of nitrogen functional groups attached to an aromatic ring is 1. The molecule has 0 radical (unpaired) electrons. The minimum atomic E-state index is 0.605. The first-order chi connectivity index (χ1) is 8.79. The summed E-state index contributed by atoms with van der Waals surface area (Å²) in [6, 6.07) is 3.97. The van der Waals surface area contributed by atoms with Crippen molar-refractivity contribution in [3.05, 3.63) is 23.9 Å². The van der Waals surface area contributed by atoms with Crippen molar-refractivity contribution in [2.24, 2.45) is 5.92 Å². The first-order valence-corrected chi connectivity index (χ1v) is 6.95. The van der Waals surface area contributed by atoms with Gasteiger partial charge in [0.25, 0.3) is 0 Å². The maximum atomic E-state index is 5.60. The van der Waals surface area contributed by atoms with E-state index < -0.39 is 0 Å². The van der Waals surface area contributed by atoms with Crippen LogP contribution < -0.4 is 5.73 Å². The Balaban J connectivity index is 1.45. The number of hydrogen-bond acceptors (Lipinski definition) is 4. The van der Waals surface area contributed by atoms with E-state index >= 15 is 0 Å². The van der Waals surface area contributed by atoms with Crippen LogP contribution >= 0.6 is 0 Å². The second kappa shape index (κ2) is 5.24. The predicted octanol–water partition coefficient (Wildman–Crippen LogP) is 1.19. The van der Waals surface area contributed by atoms with Crippen LogP contribution in [0.2, 0.25) is 0 Å². The van der Waals surface area contributed by atoms with Crippen LogP contribution in [0.3, 0.4) is 0 Å². The largest absolute Gasteiger partial charge is 0.384 e. The summed E-state index contributed by atoms with van der Waals surface area (Å²) >= 11 is 0. The van der Waals surface area contributed by atoms with Crippen LogP contribution in [0.5, 0.6) is 0 Å². The monoisotopic (exact) mass is 246 g/mol. The molecule has 4 heteroatoms. The topological polar surface area (TPSA) is 45.4 Å². The Morgan fingerprint density at radius 1 is 1.11 bits per heavy atom. The fraction of sp³-hybridized carbons (Fsp3) is 0.643. The van der Waals surface area contributed by atoms with Gasteiger partial charge in [-0.1, -0.05) is 6.07 Å². The summed E-state index contributed by atoms with van der Waals surface area (Å²) in [5.41, 5.74) is 6.86. The van der Waals surface area contributed by atoms with Gasteiger partial charge in [-0.05, 0) is 30.4 Å². The number of anilines is 1. The summed E-state index contributed by atoms with van der Waals surface area (Å²) < 4.78 is 0. The van der Waals surface area contributed by atoms with Crippen LogP contribution in [-0.4, -0.2) is 47.5 Å². The zero-order chi connectivity index (χ0) is 12.4. The molecule has 2 aliphatic rings. The fourth-order valence-corrected chi connectivity index (χ4v) is 2.58. The van der Waals surface area contributed by atoms with Crippen molar-refractivity contribution >= 4 is 5.82 Å². The maximum Gasteiger partial charge on any atom is 0.123 e. The molecule has 1 aliphatic carbocycles. The second-order valence-corrected chi connectivity index (χ2v) is 5.61. The summed E-state index contributed by atoms with van der Waals surface area (Å²) in [4.78, 5) is 9.28. The van der Waals surface area contributed by atoms with Crippen LogP contribution in [0.4, 0.5) is 5.82 Å². The minimum Gasteiger partial charge on any atom is -0.384 e. The molecule has 0 spiro atoms. The van der Waals surface area contributed by atoms with Crippen LogP contribution in [0.15, 0.2) is 18.3 Å². The molecule has 0 aromatic carbocycles. The highest BCUT2D eigenvalue weighted by atomic mass is 15.3. The number of nitrogens with two attached hydrogens (primary N) is 1. The number of rotatable bonds is 4. The predicted molar refractivity (Wildman–Crippen MR) is 73.1 cm³/mol. The van der Waals surface area contributed by atoms with Gasteiger partial charge in [0, 0.05) is 45.5 Å². The SMILES string of the molecule is Nc1ccc(CN2CCN(CC3CC3)CC2)cn1. The Bertz CT molecular complexity index is 377. The van der Waals surface area contributed by atoms with Gasteiger partial charge in [-0.25, -0.2) is 4.98 Å². The molecule has 0 atom stereocenters. The summed E-state index contributed by atoms with van der Waals surface area (Å²) in [6.07, 6.45) is 4.81. The summed E-state index contributed by atoms with van der Waals surface area (Å²) in [6.45, 7) is 7.13. The average molecular weight is 246 g/mol. The molecule has 1 aromatic heterocycles. The number of pyridine rings is 1. The van der Waals surface area contributed by atoms with Gasteiger partial charge >= 0.3 is 0 Å². The Labute approximate surface area is 109 Å². The van der Waals surface area contributed by atoms with Gasteiger partial charge in [-0.2, -0.15) is 0 Å². The van der Waals surface area contributed by atoms with Gasteiger partial charge < -0.3 is 10.6 Å². The number of aromatic nitrogens is 1. The molecule has 18 heavy (non-hydrogen) atoms. The third kappa shape index (κ3) is 3.21. The molecule has 0 unspecified atom stereocenters. The van der Waals surface area contributed by atoms with Crippen LogP contribution in [-0.2, 0) is 6.54 Å². The molecule has 98 valence electrons. The number of nitrogens with zero attached hydrogens (tertiary/aromatic N) is 3. The summed E-state index contributed by atoms with van der Waals surface area (Å²) in [7, 11) is 0. The molecule has 0 bridgehead atoms. The van der Waals surface area contributed by atoms with E-state index in [4.69, 9.17) is 5.73 Å². The zero-order valence-electron chi connectivity index (χ0n) is 10.9. The van der Waals surface area contributed by atoms with E-state index in [1.54, 1.807) is 0 Å². The number of hydrogen-bond donors (Lipinski definition) is 1. The van der Waals surface area contributed by atoms with E-state index in [-0.39, 0.29) is 0 Å². The van der Waals surface area contributed by atoms with E-state index in [0.717, 1.165) is 12.5 Å². The van der Waals surface area contributed by atoms with Crippen molar-refractivity contribution in [1.82, 2.24) is 14.8 Å². The molecule has 1 aliphatic heterocycles. The van der Waals surface area contributed by atoms with E-state index in [1.165, 1.54) is 51.1 Å². The normalized spacial score (nSPS) is 22.2. The number of piperazine rings is 1. The summed E-state index contributed by atoms with van der Waals surface area (Å²) in [5.74, 6) is 1.62. The lowest BCUT2D eigenvalue weighted by Gasteiger charge is -2.34. The van der Waals surface area contributed by atoms with Gasteiger partial charge in [0.15, 0.2) is 0 Å². The van der Waals surface area contributed by atoms with Gasteiger partial charge in [0.1, 0.15) is 5.82 Å². The fourth-order valence-electron chi connectivity index (χ4n) is 2.58. The van der Waals surface area contributed by atoms with Crippen LogP contribution in [0, 0.1) is 5.92 Å². The van der Waals surface area contributed by atoms with Gasteiger partial charge in [-0.15, -0.1) is 0 Å². The lowest BCUT2D eigenvalue weighted by molar-refractivity contribution is 0.123. The lowest BCUT2D eigenvalue weighted by Crippen LogP contribution is -2.46. The quantitative estimate of drug-likeness (QED) is 0.867. The zero-order valence-corrected chi connectivity index (χ0v) is 10.9. The molecule has 4 nitrogen and oxygen atoms in total. The van der Waals surface area contributed by atoms with E-state index in [0.29, 0.717) is 5.82 Å². The minimum absolute atomic E-state index is 0.605. The standard InChI is InChI=1S/C14H22N4/c15-14-4-3-13(9-16-14)11-18-7-5-17(6-8-18)10-12-1-2-12/h3-4,9,12H,1-2,5-8,10-11H2,(H2,15,16). The highest BCUT2D eigenvalue weighted by Crippen LogP contribution is 2.29. The first kappa shape index (κ1) is 11.9. The summed E-state index contributed by atoms with van der Waals surface area (Å²) in [5, 5.41) is 0. The highest BCUT2D eigenvalue weighted by Gasteiger charge is 2.26. The van der Waals surface area contributed by atoms with Crippen molar-refractivity contribution < 1.29 is 0 Å². The third-order valence-corrected chi connectivity index (χ3v) is 3.93. The van der Waals surface area contributed by atoms with Crippen molar-refractivity contribution in [3.63, 3.8) is 0 Å². The van der Waals surface area contributed by atoms with Crippen molar-refractivity contribution in [2.75, 3.05) is 38.5 Å². The van der Waals surface area contributed by atoms with Crippen molar-refractivity contribution in [3.8, 4) is 0 Å². The van der Waals surface area contributed by atoms with Crippen LogP contribution in [0.25, 0.3) is 0 Å². The Morgan fingerprint density at radius 3 is 2.44 bits per heavy atom. The molecule has 2 fully saturated rings. The molecular formula is C14H22N4. The molecule has 1 saturated heterocycles. The van der Waals surface area contributed by atoms with E-state index in [9.17, 15) is 0 Å². The highest BCUT2D eigenvalue weighted by molar-refractivity contribution is 5.29. The molecule has 0 amide bonds. The lowest BCUT2D eigenvalue weighted by atomic mass is 10.2. The molecular weight excluding hydrogens is 224 g/mol. The Morgan fingerprint density at radius 2 is 1.83 bits per heavy atom. The Hall–Kier alpha value is -1.13. The third-order valence-electron chi connectivity index (χ3n) is 3.93. The van der Waals surface area contributed by atoms with Crippen molar-refractivity contribution in [1.29, 1.82) is 0 Å². The first-order valence-electron chi connectivity index (χ1n) is 6.95. The Kier molecular flexibility index (Phi) is 3.48. The van der Waals surface area contributed by atoms with Gasteiger partial charge in [0.05, 0.1) is 0 Å². The van der Waals surface area contributed by atoms with Crippen LogP contribution in [0.1, 0.15) is 18.4 Å². The van der Waals surface area contributed by atoms with E-state index in [2.05, 4.69) is 20.9 Å².